The van der Waals surface area contributed by atoms with Crippen molar-refractivity contribution in [1.29, 1.82) is 0 Å². The molecular weight excluding hydrogens is 230 g/mol. The second-order valence-corrected chi connectivity index (χ2v) is 5.11. The van der Waals surface area contributed by atoms with Gasteiger partial charge in [-0.25, -0.2) is 0 Å². The molecule has 1 fully saturated rings. The summed E-state index contributed by atoms with van der Waals surface area (Å²) in [7, 11) is 0. The molecule has 2 atom stereocenters. The molecule has 1 rings (SSSR count). The molecule has 0 aliphatic carbocycles. The summed E-state index contributed by atoms with van der Waals surface area (Å²) >= 11 is 0. The number of amides is 1. The van der Waals surface area contributed by atoms with Crippen molar-refractivity contribution >= 4 is 5.91 Å². The molecule has 1 amide bonds. The summed E-state index contributed by atoms with van der Waals surface area (Å²) in [5.74, 6) is 0.0612. The van der Waals surface area contributed by atoms with Gasteiger partial charge in [-0.3, -0.25) is 9.69 Å². The predicted octanol–water partition coefficient (Wildman–Crippen LogP) is 0.341. The number of nitrogens with two attached hydrogens (primary N) is 1. The van der Waals surface area contributed by atoms with Crippen molar-refractivity contribution in [2.24, 2.45) is 5.73 Å². The molecule has 2 unspecified atom stereocenters. The summed E-state index contributed by atoms with van der Waals surface area (Å²) in [4.78, 5) is 13.6. The Morgan fingerprint density at radius 2 is 2.00 bits per heavy atom. The van der Waals surface area contributed by atoms with E-state index in [0.717, 1.165) is 39.0 Å². The first-order chi connectivity index (χ1) is 8.61. The van der Waals surface area contributed by atoms with Gasteiger partial charge in [0.25, 0.3) is 0 Å². The van der Waals surface area contributed by atoms with Crippen LogP contribution in [0.4, 0.5) is 0 Å². The van der Waals surface area contributed by atoms with Gasteiger partial charge in [0, 0.05) is 32.6 Å². The molecule has 1 aliphatic rings. The number of nitrogens with one attached hydrogen (secondary N) is 1. The third-order valence-corrected chi connectivity index (χ3v) is 3.09. The molecule has 1 aliphatic heterocycles. The fourth-order valence-electron chi connectivity index (χ4n) is 2.37. The number of morpholine rings is 1. The molecule has 0 radical (unpaired) electrons. The van der Waals surface area contributed by atoms with Crippen molar-refractivity contribution in [2.75, 3.05) is 32.7 Å². The smallest absolute Gasteiger partial charge is 0.221 e. The van der Waals surface area contributed by atoms with Gasteiger partial charge in [0.2, 0.25) is 5.91 Å². The molecule has 5 heteroatoms. The molecule has 0 saturated carbocycles. The summed E-state index contributed by atoms with van der Waals surface area (Å²) in [5, 5.41) is 2.88. The average molecular weight is 257 g/mol. The van der Waals surface area contributed by atoms with Crippen LogP contribution in [0.25, 0.3) is 0 Å². The van der Waals surface area contributed by atoms with Gasteiger partial charge in [0.1, 0.15) is 0 Å². The highest BCUT2D eigenvalue weighted by Crippen LogP contribution is 2.10. The fraction of sp³-hybridized carbons (Fsp3) is 0.923. The van der Waals surface area contributed by atoms with Crippen molar-refractivity contribution in [1.82, 2.24) is 10.2 Å². The van der Waals surface area contributed by atoms with Crippen LogP contribution >= 0.6 is 0 Å². The van der Waals surface area contributed by atoms with E-state index < -0.39 is 0 Å². The Hall–Kier alpha value is -0.650. The molecule has 0 aromatic heterocycles. The Bertz CT molecular complexity index is 238. The average Bonchev–Trinajstić information content (AvgIpc) is 2.27. The lowest BCUT2D eigenvalue weighted by molar-refractivity contribution is -0.120. The van der Waals surface area contributed by atoms with Crippen LogP contribution in [0.3, 0.4) is 0 Å². The van der Waals surface area contributed by atoms with Crippen molar-refractivity contribution in [3.05, 3.63) is 0 Å². The van der Waals surface area contributed by atoms with Crippen LogP contribution in [-0.4, -0.2) is 55.7 Å². The topological polar surface area (TPSA) is 67.6 Å². The minimum atomic E-state index is 0.0612. The lowest BCUT2D eigenvalue weighted by atomic mass is 10.2. The number of hydrogen-bond acceptors (Lipinski definition) is 4. The minimum absolute atomic E-state index is 0.0612. The fourth-order valence-corrected chi connectivity index (χ4v) is 2.37. The van der Waals surface area contributed by atoms with Gasteiger partial charge in [-0.1, -0.05) is 0 Å². The van der Waals surface area contributed by atoms with Crippen LogP contribution in [-0.2, 0) is 9.53 Å². The maximum absolute atomic E-state index is 11.2. The van der Waals surface area contributed by atoms with E-state index in [4.69, 9.17) is 10.5 Å². The second-order valence-electron chi connectivity index (χ2n) is 5.11. The number of hydrogen-bond donors (Lipinski definition) is 2. The van der Waals surface area contributed by atoms with E-state index in [0.29, 0.717) is 25.2 Å². The Labute approximate surface area is 110 Å². The maximum atomic E-state index is 11.2. The molecule has 1 heterocycles. The van der Waals surface area contributed by atoms with Crippen molar-refractivity contribution < 1.29 is 9.53 Å². The van der Waals surface area contributed by atoms with Gasteiger partial charge in [-0.15, -0.1) is 0 Å². The number of carbonyl (C=O) groups is 1. The minimum Gasteiger partial charge on any atom is -0.373 e. The second kappa shape index (κ2) is 8.45. The molecule has 5 nitrogen and oxygen atoms in total. The van der Waals surface area contributed by atoms with E-state index in [1.807, 2.05) is 0 Å². The van der Waals surface area contributed by atoms with Crippen molar-refractivity contribution in [2.45, 2.75) is 45.3 Å². The van der Waals surface area contributed by atoms with Crippen molar-refractivity contribution in [3.8, 4) is 0 Å². The molecule has 18 heavy (non-hydrogen) atoms. The molecule has 1 saturated heterocycles. The molecular formula is C13H27N3O2. The van der Waals surface area contributed by atoms with Crippen LogP contribution < -0.4 is 11.1 Å². The van der Waals surface area contributed by atoms with E-state index in [-0.39, 0.29) is 5.91 Å². The Balaban J connectivity index is 2.02. The van der Waals surface area contributed by atoms with E-state index in [9.17, 15) is 4.79 Å². The normalized spacial score (nSPS) is 25.1. The first kappa shape index (κ1) is 15.4. The molecule has 0 aromatic carbocycles. The zero-order chi connectivity index (χ0) is 13.4. The first-order valence-corrected chi connectivity index (χ1v) is 6.96. The van der Waals surface area contributed by atoms with E-state index in [2.05, 4.69) is 24.1 Å². The largest absolute Gasteiger partial charge is 0.373 e. The molecule has 0 bridgehead atoms. The highest BCUT2D eigenvalue weighted by atomic mass is 16.5. The highest BCUT2D eigenvalue weighted by molar-refractivity contribution is 5.75. The third kappa shape index (κ3) is 6.33. The van der Waals surface area contributed by atoms with Gasteiger partial charge < -0.3 is 15.8 Å². The molecule has 106 valence electrons. The van der Waals surface area contributed by atoms with E-state index in [1.54, 1.807) is 0 Å². The summed E-state index contributed by atoms with van der Waals surface area (Å²) in [6, 6.07) is 0. The Kier molecular flexibility index (Phi) is 7.23. The van der Waals surface area contributed by atoms with Crippen LogP contribution in [0.15, 0.2) is 0 Å². The van der Waals surface area contributed by atoms with Crippen LogP contribution in [0.1, 0.15) is 33.1 Å². The number of carbonyl (C=O) groups excluding carboxylic acids is 1. The lowest BCUT2D eigenvalue weighted by Gasteiger charge is -2.35. The SMILES string of the molecule is CC1CN(CCCCNC(=O)CCN)CC(C)O1. The summed E-state index contributed by atoms with van der Waals surface area (Å²) < 4.78 is 5.69. The van der Waals surface area contributed by atoms with Gasteiger partial charge in [-0.05, 0) is 33.2 Å². The van der Waals surface area contributed by atoms with Gasteiger partial charge in [-0.2, -0.15) is 0 Å². The van der Waals surface area contributed by atoms with E-state index in [1.165, 1.54) is 0 Å². The zero-order valence-electron chi connectivity index (χ0n) is 11.7. The maximum Gasteiger partial charge on any atom is 0.221 e. The van der Waals surface area contributed by atoms with E-state index >= 15 is 0 Å². The van der Waals surface area contributed by atoms with Crippen LogP contribution in [0, 0.1) is 0 Å². The summed E-state index contributed by atoms with van der Waals surface area (Å²) in [6.45, 7) is 8.55. The monoisotopic (exact) mass is 257 g/mol. The first-order valence-electron chi connectivity index (χ1n) is 6.96. The number of nitrogens with zero attached hydrogens (tertiary/aromatic N) is 1. The third-order valence-electron chi connectivity index (χ3n) is 3.09. The summed E-state index contributed by atoms with van der Waals surface area (Å²) in [5.41, 5.74) is 5.30. The Morgan fingerprint density at radius 1 is 1.33 bits per heavy atom. The summed E-state index contributed by atoms with van der Waals surface area (Å²) in [6.07, 6.45) is 3.23. The van der Waals surface area contributed by atoms with Gasteiger partial charge in [0.15, 0.2) is 0 Å². The number of unbranched alkanes of at least 4 members (excludes halogenated alkanes) is 1. The molecule has 0 spiro atoms. The zero-order valence-corrected chi connectivity index (χ0v) is 11.7. The van der Waals surface area contributed by atoms with Crippen LogP contribution in [0.2, 0.25) is 0 Å². The highest BCUT2D eigenvalue weighted by Gasteiger charge is 2.21. The molecule has 3 N–H and O–H groups in total. The predicted molar refractivity (Wildman–Crippen MR) is 72.4 cm³/mol. The standard InChI is InChI=1S/C13H27N3O2/c1-11-9-16(10-12(2)18-11)8-4-3-7-15-13(17)5-6-14/h11-12H,3-10,14H2,1-2H3,(H,15,17). The number of rotatable bonds is 7. The van der Waals surface area contributed by atoms with Crippen molar-refractivity contribution in [3.63, 3.8) is 0 Å². The lowest BCUT2D eigenvalue weighted by Crippen LogP contribution is -2.45. The van der Waals surface area contributed by atoms with Gasteiger partial charge >= 0.3 is 0 Å². The Morgan fingerprint density at radius 3 is 2.61 bits per heavy atom. The molecule has 0 aromatic rings. The number of ether oxygens (including phenoxy) is 1. The van der Waals surface area contributed by atoms with Gasteiger partial charge in [0.05, 0.1) is 12.2 Å². The van der Waals surface area contributed by atoms with Crippen LogP contribution in [0.5, 0.6) is 0 Å². The quantitative estimate of drug-likeness (QED) is 0.645.